The maximum absolute atomic E-state index is 13.0. The summed E-state index contributed by atoms with van der Waals surface area (Å²) in [4.78, 5) is 27.3. The lowest BCUT2D eigenvalue weighted by Gasteiger charge is -2.31. The van der Waals surface area contributed by atoms with Crippen molar-refractivity contribution in [2.75, 3.05) is 38.8 Å². The average molecular weight is 458 g/mol. The van der Waals surface area contributed by atoms with E-state index < -0.39 is 6.04 Å². The molecule has 0 saturated carbocycles. The van der Waals surface area contributed by atoms with E-state index in [-0.39, 0.29) is 18.4 Å². The molecule has 0 spiro atoms. The lowest BCUT2D eigenvalue weighted by molar-refractivity contribution is -0.145. The molecule has 0 aromatic heterocycles. The third kappa shape index (κ3) is 7.22. The van der Waals surface area contributed by atoms with E-state index in [0.717, 1.165) is 25.3 Å². The smallest absolute Gasteiger partial charge is 0.328 e. The fourth-order valence-corrected chi connectivity index (χ4v) is 4.79. The Kier molecular flexibility index (Phi) is 9.84. The van der Waals surface area contributed by atoms with Crippen molar-refractivity contribution in [2.45, 2.75) is 44.3 Å². The number of carbonyl (C=O) groups excluding carboxylic acids is 2. The second-order valence-corrected chi connectivity index (χ2v) is 9.37. The molecular weight excluding hydrogens is 422 g/mol. The molecule has 2 aromatic rings. The van der Waals surface area contributed by atoms with Crippen molar-refractivity contribution in [1.82, 2.24) is 15.5 Å². The number of nitrogens with zero attached hydrogens (tertiary/aromatic N) is 1. The van der Waals surface area contributed by atoms with Crippen LogP contribution in [-0.4, -0.2) is 67.6 Å². The first-order valence-electron chi connectivity index (χ1n) is 11.4. The monoisotopic (exact) mass is 457 g/mol. The molecule has 2 atom stereocenters. The molecule has 1 aliphatic heterocycles. The highest BCUT2D eigenvalue weighted by Gasteiger charge is 2.24. The van der Waals surface area contributed by atoms with E-state index in [4.69, 9.17) is 4.74 Å². The first-order chi connectivity index (χ1) is 15.6. The molecule has 1 heterocycles. The number of amides is 1. The Morgan fingerprint density at radius 3 is 2.78 bits per heavy atom. The second-order valence-electron chi connectivity index (χ2n) is 8.38. The van der Waals surface area contributed by atoms with Gasteiger partial charge in [0.1, 0.15) is 6.04 Å². The van der Waals surface area contributed by atoms with Gasteiger partial charge in [0.05, 0.1) is 13.7 Å². The van der Waals surface area contributed by atoms with Crippen molar-refractivity contribution in [3.05, 3.63) is 48.0 Å². The molecule has 0 radical (unpaired) electrons. The summed E-state index contributed by atoms with van der Waals surface area (Å²) >= 11 is 1.65. The van der Waals surface area contributed by atoms with Crippen LogP contribution in [0.25, 0.3) is 10.8 Å². The number of rotatable bonds is 11. The van der Waals surface area contributed by atoms with E-state index in [2.05, 4.69) is 51.9 Å². The number of hydrogen-bond donors (Lipinski definition) is 2. The van der Waals surface area contributed by atoms with Gasteiger partial charge in [0, 0.05) is 19.1 Å². The molecule has 32 heavy (non-hydrogen) atoms. The average Bonchev–Trinajstić information content (AvgIpc) is 2.82. The van der Waals surface area contributed by atoms with E-state index in [9.17, 15) is 9.59 Å². The van der Waals surface area contributed by atoms with Crippen molar-refractivity contribution in [3.8, 4) is 0 Å². The summed E-state index contributed by atoms with van der Waals surface area (Å²) in [5, 5.41) is 8.91. The highest BCUT2D eigenvalue weighted by atomic mass is 32.2. The van der Waals surface area contributed by atoms with Gasteiger partial charge in [-0.05, 0) is 54.2 Å². The summed E-state index contributed by atoms with van der Waals surface area (Å²) in [5.41, 5.74) is 1.21. The summed E-state index contributed by atoms with van der Waals surface area (Å²) in [7, 11) is 1.36. The molecule has 0 bridgehead atoms. The number of ether oxygens (including phenoxy) is 1. The Labute approximate surface area is 195 Å². The Bertz CT molecular complexity index is 880. The topological polar surface area (TPSA) is 70.7 Å². The minimum Gasteiger partial charge on any atom is -0.467 e. The highest BCUT2D eigenvalue weighted by molar-refractivity contribution is 7.98. The number of benzene rings is 2. The summed E-state index contributed by atoms with van der Waals surface area (Å²) in [6.07, 6.45) is 6.08. The lowest BCUT2D eigenvalue weighted by Crippen LogP contribution is -2.49. The van der Waals surface area contributed by atoms with Crippen LogP contribution >= 0.6 is 11.8 Å². The molecule has 1 fully saturated rings. The minimum absolute atomic E-state index is 0.141. The summed E-state index contributed by atoms with van der Waals surface area (Å²) in [6.45, 7) is 2.75. The van der Waals surface area contributed by atoms with Crippen LogP contribution in [0, 0.1) is 0 Å². The molecule has 1 amide bonds. The molecule has 0 aliphatic carbocycles. The third-order valence-corrected chi connectivity index (χ3v) is 6.61. The van der Waals surface area contributed by atoms with Crippen molar-refractivity contribution < 1.29 is 14.3 Å². The SMILES string of the molecule is COC(=O)[C@H](CCSC)NC(=O)CN(Cc1cccc2ccccc12)C[C@@H]1CCCCN1. The third-order valence-electron chi connectivity index (χ3n) is 5.96. The van der Waals surface area contributed by atoms with Crippen LogP contribution in [0.5, 0.6) is 0 Å². The molecule has 2 N–H and O–H groups in total. The summed E-state index contributed by atoms with van der Waals surface area (Å²) in [6, 6.07) is 14.4. The second kappa shape index (κ2) is 12.8. The zero-order chi connectivity index (χ0) is 22.8. The van der Waals surface area contributed by atoms with E-state index in [1.807, 2.05) is 12.3 Å². The Hall–Kier alpha value is -2.09. The van der Waals surface area contributed by atoms with Gasteiger partial charge < -0.3 is 15.4 Å². The van der Waals surface area contributed by atoms with Gasteiger partial charge in [-0.25, -0.2) is 4.79 Å². The van der Waals surface area contributed by atoms with Crippen LogP contribution in [-0.2, 0) is 20.9 Å². The number of esters is 1. The number of hydrogen-bond acceptors (Lipinski definition) is 6. The first kappa shape index (κ1) is 24.6. The van der Waals surface area contributed by atoms with Gasteiger partial charge in [-0.1, -0.05) is 48.9 Å². The van der Waals surface area contributed by atoms with Gasteiger partial charge in [0.15, 0.2) is 0 Å². The van der Waals surface area contributed by atoms with Crippen LogP contribution in [0.2, 0.25) is 0 Å². The van der Waals surface area contributed by atoms with Crippen LogP contribution in [0.1, 0.15) is 31.2 Å². The number of carbonyl (C=O) groups is 2. The van der Waals surface area contributed by atoms with Gasteiger partial charge in [0.25, 0.3) is 0 Å². The standard InChI is InChI=1S/C25H35N3O3S/c1-31-25(30)23(13-15-32-2)27-24(29)18-28(17-21-11-5-6-14-26-21)16-20-10-7-9-19-8-3-4-12-22(19)20/h3-4,7-10,12,21,23,26H,5-6,11,13-18H2,1-2H3,(H,27,29)/t21-,23-/m0/s1. The fourth-order valence-electron chi connectivity index (χ4n) is 4.32. The van der Waals surface area contributed by atoms with Gasteiger partial charge in [-0.3, -0.25) is 9.69 Å². The van der Waals surface area contributed by atoms with Crippen LogP contribution < -0.4 is 10.6 Å². The fraction of sp³-hybridized carbons (Fsp3) is 0.520. The van der Waals surface area contributed by atoms with Crippen molar-refractivity contribution in [3.63, 3.8) is 0 Å². The highest BCUT2D eigenvalue weighted by Crippen LogP contribution is 2.20. The van der Waals surface area contributed by atoms with Crippen molar-refractivity contribution in [2.24, 2.45) is 0 Å². The Morgan fingerprint density at radius 2 is 2.03 bits per heavy atom. The molecule has 0 unspecified atom stereocenters. The van der Waals surface area contributed by atoms with E-state index >= 15 is 0 Å². The quantitative estimate of drug-likeness (QED) is 0.505. The summed E-state index contributed by atoms with van der Waals surface area (Å²) in [5.74, 6) is 0.255. The molecule has 2 aromatic carbocycles. The van der Waals surface area contributed by atoms with Gasteiger partial charge in [-0.2, -0.15) is 11.8 Å². The van der Waals surface area contributed by atoms with Crippen LogP contribution in [0.15, 0.2) is 42.5 Å². The molecule has 174 valence electrons. The largest absolute Gasteiger partial charge is 0.467 e. The van der Waals surface area contributed by atoms with Gasteiger partial charge in [0.2, 0.25) is 5.91 Å². The normalized spacial score (nSPS) is 17.3. The first-order valence-corrected chi connectivity index (χ1v) is 12.8. The maximum Gasteiger partial charge on any atom is 0.328 e. The number of thioether (sulfide) groups is 1. The predicted molar refractivity (Wildman–Crippen MR) is 132 cm³/mol. The lowest BCUT2D eigenvalue weighted by atomic mass is 10.0. The number of nitrogens with one attached hydrogen (secondary N) is 2. The van der Waals surface area contributed by atoms with Crippen molar-refractivity contribution >= 4 is 34.4 Å². The van der Waals surface area contributed by atoms with E-state index in [0.29, 0.717) is 19.0 Å². The van der Waals surface area contributed by atoms with Crippen molar-refractivity contribution in [1.29, 1.82) is 0 Å². The molecular formula is C25H35N3O3S. The Morgan fingerprint density at radius 1 is 1.22 bits per heavy atom. The van der Waals surface area contributed by atoms with E-state index in [1.54, 1.807) is 11.8 Å². The number of fused-ring (bicyclic) bond motifs is 1. The predicted octanol–water partition coefficient (Wildman–Crippen LogP) is 3.19. The maximum atomic E-state index is 13.0. The minimum atomic E-state index is -0.604. The molecule has 1 aliphatic rings. The molecule has 7 heteroatoms. The van der Waals surface area contributed by atoms with Crippen LogP contribution in [0.4, 0.5) is 0 Å². The van der Waals surface area contributed by atoms with E-state index in [1.165, 1.54) is 36.3 Å². The molecule has 1 saturated heterocycles. The molecule has 6 nitrogen and oxygen atoms in total. The number of piperidine rings is 1. The molecule has 3 rings (SSSR count). The van der Waals surface area contributed by atoms with Crippen LogP contribution in [0.3, 0.4) is 0 Å². The zero-order valence-corrected chi connectivity index (χ0v) is 20.0. The Balaban J connectivity index is 1.73. The summed E-state index contributed by atoms with van der Waals surface area (Å²) < 4.78 is 4.89. The zero-order valence-electron chi connectivity index (χ0n) is 19.1. The number of methoxy groups -OCH3 is 1. The van der Waals surface area contributed by atoms with Gasteiger partial charge >= 0.3 is 5.97 Å². The van der Waals surface area contributed by atoms with Gasteiger partial charge in [-0.15, -0.1) is 0 Å².